The number of rotatable bonds is 7. The van der Waals surface area contributed by atoms with Crippen LogP contribution in [0.5, 0.6) is 5.75 Å². The summed E-state index contributed by atoms with van der Waals surface area (Å²) in [6, 6.07) is 7.89. The molecule has 0 aliphatic carbocycles. The second-order valence-electron chi connectivity index (χ2n) is 5.87. The van der Waals surface area contributed by atoms with Gasteiger partial charge in [0.15, 0.2) is 0 Å². The molecular formula is C17H20N4O4S2. The van der Waals surface area contributed by atoms with Crippen LogP contribution in [0.1, 0.15) is 15.4 Å². The number of ether oxygens (including phenoxy) is 1. The van der Waals surface area contributed by atoms with Crippen molar-refractivity contribution >= 4 is 37.5 Å². The number of amides is 1. The quantitative estimate of drug-likeness (QED) is 0.579. The molecule has 0 aliphatic rings. The zero-order valence-corrected chi connectivity index (χ0v) is 16.8. The van der Waals surface area contributed by atoms with E-state index in [-0.39, 0.29) is 23.9 Å². The van der Waals surface area contributed by atoms with E-state index in [1.54, 1.807) is 22.9 Å². The number of nitrogens with zero attached hydrogens (tertiary/aromatic N) is 2. The Balaban J connectivity index is 1.55. The minimum absolute atomic E-state index is 0.0889. The van der Waals surface area contributed by atoms with Crippen molar-refractivity contribution < 1.29 is 17.9 Å². The summed E-state index contributed by atoms with van der Waals surface area (Å²) in [6.07, 6.45) is 0. The topological polar surface area (TPSA) is 102 Å². The molecule has 0 aliphatic heterocycles. The predicted octanol–water partition coefficient (Wildman–Crippen LogP) is 1.66. The Labute approximate surface area is 161 Å². The van der Waals surface area contributed by atoms with Crippen molar-refractivity contribution in [1.82, 2.24) is 19.8 Å². The predicted molar refractivity (Wildman–Crippen MR) is 104 cm³/mol. The monoisotopic (exact) mass is 408 g/mol. The van der Waals surface area contributed by atoms with Crippen LogP contribution in [0.4, 0.5) is 0 Å². The Hall–Kier alpha value is -2.43. The Morgan fingerprint density at radius 1 is 1.26 bits per heavy atom. The van der Waals surface area contributed by atoms with Gasteiger partial charge in [0.1, 0.15) is 10.6 Å². The number of sulfonamides is 1. The number of fused-ring (bicyclic) bond motifs is 1. The normalized spacial score (nSPS) is 11.7. The third-order valence-corrected chi connectivity index (χ3v) is 6.67. The van der Waals surface area contributed by atoms with Gasteiger partial charge in [-0.25, -0.2) is 13.1 Å². The summed E-state index contributed by atoms with van der Waals surface area (Å²) >= 11 is 1.35. The van der Waals surface area contributed by atoms with Crippen LogP contribution in [0.3, 0.4) is 0 Å². The van der Waals surface area contributed by atoms with E-state index in [9.17, 15) is 13.2 Å². The lowest BCUT2D eigenvalue weighted by atomic mass is 10.3. The van der Waals surface area contributed by atoms with Crippen LogP contribution in [-0.4, -0.2) is 44.3 Å². The number of hydrogen-bond donors (Lipinski definition) is 2. The van der Waals surface area contributed by atoms with Gasteiger partial charge in [-0.1, -0.05) is 0 Å². The van der Waals surface area contributed by atoms with Crippen molar-refractivity contribution in [2.75, 3.05) is 20.2 Å². The number of hydrogen-bond acceptors (Lipinski definition) is 6. The molecule has 0 radical (unpaired) electrons. The third-order valence-electron chi connectivity index (χ3n) is 3.99. The Kier molecular flexibility index (Phi) is 5.49. The lowest BCUT2D eigenvalue weighted by molar-refractivity contribution is 0.0958. The lowest BCUT2D eigenvalue weighted by Gasteiger charge is -2.08. The van der Waals surface area contributed by atoms with Gasteiger partial charge in [0, 0.05) is 25.5 Å². The molecule has 3 aromatic rings. The molecule has 0 fully saturated rings. The molecule has 0 atom stereocenters. The van der Waals surface area contributed by atoms with E-state index in [0.29, 0.717) is 10.6 Å². The second kappa shape index (κ2) is 7.67. The molecule has 0 saturated heterocycles. The zero-order chi connectivity index (χ0) is 19.6. The number of carbonyl (C=O) groups excluding carboxylic acids is 1. The fraction of sp³-hybridized carbons (Fsp3) is 0.294. The number of aryl methyl sites for hydroxylation is 2. The van der Waals surface area contributed by atoms with Gasteiger partial charge in [-0.3, -0.25) is 9.48 Å². The van der Waals surface area contributed by atoms with Gasteiger partial charge in [-0.15, -0.1) is 11.3 Å². The highest BCUT2D eigenvalue weighted by Crippen LogP contribution is 2.27. The van der Waals surface area contributed by atoms with E-state index < -0.39 is 10.0 Å². The molecule has 2 heterocycles. The minimum atomic E-state index is -3.64. The molecule has 1 aromatic carbocycles. The maximum atomic E-state index is 12.3. The van der Waals surface area contributed by atoms with Gasteiger partial charge in [0.2, 0.25) is 10.0 Å². The molecule has 8 nitrogen and oxygen atoms in total. The van der Waals surface area contributed by atoms with Crippen molar-refractivity contribution in [3.63, 3.8) is 0 Å². The largest absolute Gasteiger partial charge is 0.497 e. The fourth-order valence-electron chi connectivity index (χ4n) is 2.60. The molecule has 0 bridgehead atoms. The summed E-state index contributed by atoms with van der Waals surface area (Å²) in [6.45, 7) is 2.16. The first-order valence-corrected chi connectivity index (χ1v) is 10.5. The standard InChI is InChI=1S/C17H20N4O4S2/c1-11-14-10-15(26-17(14)21(2)20-11)16(22)18-8-9-19-27(23,24)13-6-4-12(25-3)5-7-13/h4-7,10,19H,8-9H2,1-3H3,(H,18,22). The molecule has 3 rings (SSSR count). The highest BCUT2D eigenvalue weighted by Gasteiger charge is 2.16. The molecule has 0 unspecified atom stereocenters. The number of benzene rings is 1. The Bertz CT molecular complexity index is 1030. The second-order valence-corrected chi connectivity index (χ2v) is 8.67. The van der Waals surface area contributed by atoms with Gasteiger partial charge in [-0.05, 0) is 37.3 Å². The maximum Gasteiger partial charge on any atom is 0.261 e. The van der Waals surface area contributed by atoms with E-state index in [4.69, 9.17) is 4.74 Å². The molecule has 1 amide bonds. The molecule has 27 heavy (non-hydrogen) atoms. The van der Waals surface area contributed by atoms with Crippen molar-refractivity contribution in [2.45, 2.75) is 11.8 Å². The van der Waals surface area contributed by atoms with Crippen molar-refractivity contribution in [1.29, 1.82) is 0 Å². The zero-order valence-electron chi connectivity index (χ0n) is 15.1. The van der Waals surface area contributed by atoms with Gasteiger partial charge in [-0.2, -0.15) is 5.10 Å². The SMILES string of the molecule is COc1ccc(S(=O)(=O)NCCNC(=O)c2cc3c(C)nn(C)c3s2)cc1. The van der Waals surface area contributed by atoms with Gasteiger partial charge in [0.05, 0.1) is 22.6 Å². The number of carbonyl (C=O) groups is 1. The van der Waals surface area contributed by atoms with E-state index in [2.05, 4.69) is 15.1 Å². The summed E-state index contributed by atoms with van der Waals surface area (Å²) in [5.74, 6) is 0.342. The molecule has 2 N–H and O–H groups in total. The summed E-state index contributed by atoms with van der Waals surface area (Å²) in [7, 11) is -0.289. The van der Waals surface area contributed by atoms with Crippen LogP contribution in [-0.2, 0) is 17.1 Å². The highest BCUT2D eigenvalue weighted by molar-refractivity contribution is 7.89. The number of aromatic nitrogens is 2. The molecule has 2 aromatic heterocycles. The smallest absolute Gasteiger partial charge is 0.261 e. The van der Waals surface area contributed by atoms with E-state index in [1.807, 2.05) is 14.0 Å². The Morgan fingerprint density at radius 3 is 2.59 bits per heavy atom. The van der Waals surface area contributed by atoms with Crippen LogP contribution < -0.4 is 14.8 Å². The number of methoxy groups -OCH3 is 1. The third kappa shape index (κ3) is 4.12. The highest BCUT2D eigenvalue weighted by atomic mass is 32.2. The first kappa shape index (κ1) is 19.3. The molecule has 10 heteroatoms. The summed E-state index contributed by atoms with van der Waals surface area (Å²) < 4.78 is 33.7. The van der Waals surface area contributed by atoms with E-state index in [0.717, 1.165) is 15.9 Å². The lowest BCUT2D eigenvalue weighted by Crippen LogP contribution is -2.34. The van der Waals surface area contributed by atoms with Gasteiger partial charge in [0.25, 0.3) is 5.91 Å². The van der Waals surface area contributed by atoms with Crippen LogP contribution in [0.15, 0.2) is 35.2 Å². The van der Waals surface area contributed by atoms with E-state index >= 15 is 0 Å². The van der Waals surface area contributed by atoms with Crippen LogP contribution >= 0.6 is 11.3 Å². The van der Waals surface area contributed by atoms with E-state index in [1.165, 1.54) is 30.6 Å². The van der Waals surface area contributed by atoms with Crippen LogP contribution in [0.25, 0.3) is 10.2 Å². The summed E-state index contributed by atoms with van der Waals surface area (Å²) in [5, 5.41) is 7.98. The molecule has 0 saturated carbocycles. The van der Waals surface area contributed by atoms with Crippen molar-refractivity contribution in [2.24, 2.45) is 7.05 Å². The Morgan fingerprint density at radius 2 is 1.96 bits per heavy atom. The van der Waals surface area contributed by atoms with Gasteiger partial charge >= 0.3 is 0 Å². The first-order valence-electron chi connectivity index (χ1n) is 8.17. The average molecular weight is 409 g/mol. The average Bonchev–Trinajstić information content (AvgIpc) is 3.20. The van der Waals surface area contributed by atoms with Crippen molar-refractivity contribution in [3.8, 4) is 5.75 Å². The fourth-order valence-corrected chi connectivity index (χ4v) is 4.68. The molecule has 144 valence electrons. The molecular weight excluding hydrogens is 388 g/mol. The molecule has 0 spiro atoms. The van der Waals surface area contributed by atoms with Crippen molar-refractivity contribution in [3.05, 3.63) is 40.9 Å². The maximum absolute atomic E-state index is 12.3. The minimum Gasteiger partial charge on any atom is -0.497 e. The van der Waals surface area contributed by atoms with Gasteiger partial charge < -0.3 is 10.1 Å². The van der Waals surface area contributed by atoms with Crippen LogP contribution in [0.2, 0.25) is 0 Å². The number of nitrogens with one attached hydrogen (secondary N) is 2. The van der Waals surface area contributed by atoms with Crippen LogP contribution in [0, 0.1) is 6.92 Å². The first-order chi connectivity index (χ1) is 12.8. The summed E-state index contributed by atoms with van der Waals surface area (Å²) in [5.41, 5.74) is 0.870. The summed E-state index contributed by atoms with van der Waals surface area (Å²) in [4.78, 5) is 13.9. The number of thiophene rings is 1.